The van der Waals surface area contributed by atoms with Crippen LogP contribution in [0.1, 0.15) is 38.3 Å². The van der Waals surface area contributed by atoms with Gasteiger partial charge in [0.1, 0.15) is 11.8 Å². The number of hydrogen-bond acceptors (Lipinski definition) is 3. The highest BCUT2D eigenvalue weighted by molar-refractivity contribution is 5.75. The molecule has 0 heterocycles. The van der Waals surface area contributed by atoms with Crippen LogP contribution in [0, 0.1) is 0 Å². The summed E-state index contributed by atoms with van der Waals surface area (Å²) in [6.07, 6.45) is 2.05. The monoisotopic (exact) mass is 265 g/mol. The number of ether oxygens (including phenoxy) is 1. The fourth-order valence-electron chi connectivity index (χ4n) is 2.04. The first-order valence-electron chi connectivity index (χ1n) is 6.76. The van der Waals surface area contributed by atoms with Crippen molar-refractivity contribution in [2.75, 3.05) is 20.2 Å². The van der Waals surface area contributed by atoms with Crippen molar-refractivity contribution in [3.8, 4) is 5.75 Å². The van der Waals surface area contributed by atoms with Crippen LogP contribution in [-0.2, 0) is 4.79 Å². The highest BCUT2D eigenvalue weighted by Crippen LogP contribution is 2.23. The molecule has 0 aliphatic heterocycles. The van der Waals surface area contributed by atoms with Crippen LogP contribution in [-0.4, -0.2) is 36.2 Å². The Morgan fingerprint density at radius 1 is 1.32 bits per heavy atom. The molecule has 0 saturated carbocycles. The van der Waals surface area contributed by atoms with Crippen LogP contribution in [0.25, 0.3) is 0 Å². The van der Waals surface area contributed by atoms with E-state index in [0.717, 1.165) is 30.7 Å². The molecule has 106 valence electrons. The van der Waals surface area contributed by atoms with Gasteiger partial charge in [-0.2, -0.15) is 0 Å². The lowest BCUT2D eigenvalue weighted by molar-refractivity contribution is -0.143. The normalized spacial score (nSPS) is 12.4. The molecule has 1 atom stereocenters. The van der Waals surface area contributed by atoms with Gasteiger partial charge in [0.05, 0.1) is 6.61 Å². The van der Waals surface area contributed by atoms with Gasteiger partial charge in [-0.3, -0.25) is 9.69 Å². The fraction of sp³-hybridized carbons (Fsp3) is 0.533. The van der Waals surface area contributed by atoms with Gasteiger partial charge in [-0.15, -0.1) is 0 Å². The topological polar surface area (TPSA) is 49.8 Å². The van der Waals surface area contributed by atoms with Gasteiger partial charge in [0.25, 0.3) is 0 Å². The van der Waals surface area contributed by atoms with E-state index >= 15 is 0 Å². The van der Waals surface area contributed by atoms with Gasteiger partial charge in [-0.1, -0.05) is 25.5 Å². The molecule has 0 fully saturated rings. The Morgan fingerprint density at radius 2 is 1.95 bits per heavy atom. The van der Waals surface area contributed by atoms with Crippen molar-refractivity contribution in [2.24, 2.45) is 0 Å². The van der Waals surface area contributed by atoms with Gasteiger partial charge >= 0.3 is 5.97 Å². The van der Waals surface area contributed by atoms with E-state index in [-0.39, 0.29) is 0 Å². The molecule has 1 rings (SSSR count). The summed E-state index contributed by atoms with van der Waals surface area (Å²) in [5.41, 5.74) is 0.787. The number of aliphatic carboxylic acids is 1. The summed E-state index contributed by atoms with van der Waals surface area (Å²) in [7, 11) is 1.85. The Morgan fingerprint density at radius 3 is 2.42 bits per heavy atom. The SMILES string of the molecule is CCCCN(C)C(C(=O)O)c1ccc(OCC)cc1. The highest BCUT2D eigenvalue weighted by Gasteiger charge is 2.24. The zero-order valence-corrected chi connectivity index (χ0v) is 11.9. The molecule has 0 aromatic heterocycles. The molecule has 0 aliphatic carbocycles. The average molecular weight is 265 g/mol. The smallest absolute Gasteiger partial charge is 0.325 e. The molecule has 0 saturated heterocycles. The van der Waals surface area contributed by atoms with E-state index in [1.807, 2.05) is 43.1 Å². The van der Waals surface area contributed by atoms with E-state index in [2.05, 4.69) is 6.92 Å². The Labute approximate surface area is 115 Å². The predicted molar refractivity (Wildman–Crippen MR) is 75.5 cm³/mol. The number of carboxylic acid groups (broad SMARTS) is 1. The van der Waals surface area contributed by atoms with E-state index in [1.165, 1.54) is 0 Å². The molecule has 0 spiro atoms. The number of nitrogens with zero attached hydrogens (tertiary/aromatic N) is 1. The van der Waals surface area contributed by atoms with Crippen molar-refractivity contribution in [1.82, 2.24) is 4.90 Å². The maximum absolute atomic E-state index is 11.4. The molecule has 1 unspecified atom stereocenters. The molecule has 0 amide bonds. The van der Waals surface area contributed by atoms with Crippen LogP contribution in [0.15, 0.2) is 24.3 Å². The second-order valence-electron chi connectivity index (χ2n) is 4.58. The molecule has 4 heteroatoms. The molecular formula is C15H23NO3. The number of likely N-dealkylation sites (N-methyl/N-ethyl adjacent to an activating group) is 1. The van der Waals surface area contributed by atoms with Gasteiger partial charge in [0, 0.05) is 0 Å². The maximum atomic E-state index is 11.4. The predicted octanol–water partition coefficient (Wildman–Crippen LogP) is 2.94. The van der Waals surface area contributed by atoms with Crippen LogP contribution in [0.2, 0.25) is 0 Å². The molecule has 1 aromatic carbocycles. The number of carboxylic acids is 1. The zero-order valence-electron chi connectivity index (χ0n) is 11.9. The lowest BCUT2D eigenvalue weighted by Crippen LogP contribution is -2.31. The summed E-state index contributed by atoms with van der Waals surface area (Å²) >= 11 is 0. The standard InChI is InChI=1S/C15H23NO3/c1-4-6-11-16(3)14(15(17)18)12-7-9-13(10-8-12)19-5-2/h7-10,14H,4-6,11H2,1-3H3,(H,17,18). The van der Waals surface area contributed by atoms with Crippen molar-refractivity contribution in [1.29, 1.82) is 0 Å². The molecule has 1 N–H and O–H groups in total. The third kappa shape index (κ3) is 4.56. The van der Waals surface area contributed by atoms with Crippen LogP contribution in [0.5, 0.6) is 5.75 Å². The zero-order chi connectivity index (χ0) is 14.3. The molecular weight excluding hydrogens is 242 g/mol. The van der Waals surface area contributed by atoms with Gasteiger partial charge in [0.15, 0.2) is 0 Å². The van der Waals surface area contributed by atoms with Gasteiger partial charge in [-0.05, 0) is 44.6 Å². The number of rotatable bonds is 8. The van der Waals surface area contributed by atoms with Gasteiger partial charge in [-0.25, -0.2) is 0 Å². The number of hydrogen-bond donors (Lipinski definition) is 1. The largest absolute Gasteiger partial charge is 0.494 e. The minimum atomic E-state index is -0.817. The van der Waals surface area contributed by atoms with Gasteiger partial charge < -0.3 is 9.84 Å². The first kappa shape index (κ1) is 15.5. The fourth-order valence-corrected chi connectivity index (χ4v) is 2.04. The first-order chi connectivity index (χ1) is 9.10. The average Bonchev–Trinajstić information content (AvgIpc) is 2.38. The Balaban J connectivity index is 2.83. The second-order valence-corrected chi connectivity index (χ2v) is 4.58. The molecule has 1 aromatic rings. The minimum Gasteiger partial charge on any atom is -0.494 e. The van der Waals surface area contributed by atoms with Crippen molar-refractivity contribution in [2.45, 2.75) is 32.7 Å². The van der Waals surface area contributed by atoms with Crippen LogP contribution in [0.4, 0.5) is 0 Å². The summed E-state index contributed by atoms with van der Waals surface area (Å²) in [5, 5.41) is 9.40. The Hall–Kier alpha value is -1.55. The molecule has 4 nitrogen and oxygen atoms in total. The second kappa shape index (κ2) is 7.79. The third-order valence-corrected chi connectivity index (χ3v) is 3.05. The molecule has 19 heavy (non-hydrogen) atoms. The van der Waals surface area contributed by atoms with Crippen molar-refractivity contribution in [3.05, 3.63) is 29.8 Å². The summed E-state index contributed by atoms with van der Waals surface area (Å²) in [6.45, 7) is 5.41. The maximum Gasteiger partial charge on any atom is 0.325 e. The van der Waals surface area contributed by atoms with E-state index in [0.29, 0.717) is 6.61 Å². The highest BCUT2D eigenvalue weighted by atomic mass is 16.5. The molecule has 0 bridgehead atoms. The van der Waals surface area contributed by atoms with E-state index in [1.54, 1.807) is 0 Å². The molecule has 0 aliphatic rings. The number of benzene rings is 1. The Kier molecular flexibility index (Phi) is 6.36. The van der Waals surface area contributed by atoms with E-state index < -0.39 is 12.0 Å². The summed E-state index contributed by atoms with van der Waals surface area (Å²) in [4.78, 5) is 13.3. The summed E-state index contributed by atoms with van der Waals surface area (Å²) in [5.74, 6) is -0.0469. The summed E-state index contributed by atoms with van der Waals surface area (Å²) in [6, 6.07) is 6.70. The van der Waals surface area contributed by atoms with E-state index in [4.69, 9.17) is 4.74 Å². The van der Waals surface area contributed by atoms with Gasteiger partial charge in [0.2, 0.25) is 0 Å². The summed E-state index contributed by atoms with van der Waals surface area (Å²) < 4.78 is 5.37. The minimum absolute atomic E-state index is 0.595. The molecule has 0 radical (unpaired) electrons. The van der Waals surface area contributed by atoms with E-state index in [9.17, 15) is 9.90 Å². The van der Waals surface area contributed by atoms with Crippen LogP contribution in [0.3, 0.4) is 0 Å². The lowest BCUT2D eigenvalue weighted by Gasteiger charge is -2.24. The first-order valence-corrected chi connectivity index (χ1v) is 6.76. The number of unbranched alkanes of at least 4 members (excludes halogenated alkanes) is 1. The van der Waals surface area contributed by atoms with Crippen LogP contribution >= 0.6 is 0 Å². The third-order valence-electron chi connectivity index (χ3n) is 3.05. The van der Waals surface area contributed by atoms with Crippen molar-refractivity contribution >= 4 is 5.97 Å². The lowest BCUT2D eigenvalue weighted by atomic mass is 10.1. The quantitative estimate of drug-likeness (QED) is 0.785. The van der Waals surface area contributed by atoms with Crippen LogP contribution < -0.4 is 4.74 Å². The van der Waals surface area contributed by atoms with Crippen molar-refractivity contribution < 1.29 is 14.6 Å². The van der Waals surface area contributed by atoms with Crippen molar-refractivity contribution in [3.63, 3.8) is 0 Å². The Bertz CT molecular complexity index is 389. The number of carbonyl (C=O) groups is 1.